The number of carbonyl (C=O) groups excluding carboxylic acids is 1. The summed E-state index contributed by atoms with van der Waals surface area (Å²) < 4.78 is 7.50. The van der Waals surface area contributed by atoms with Gasteiger partial charge in [0.25, 0.3) is 0 Å². The van der Waals surface area contributed by atoms with Crippen molar-refractivity contribution in [1.29, 1.82) is 0 Å². The number of hydrogen-bond acceptors (Lipinski definition) is 4. The van der Waals surface area contributed by atoms with Crippen LogP contribution >= 0.6 is 0 Å². The number of nitrogens with one attached hydrogen (secondary N) is 1. The molecule has 0 spiro atoms. The van der Waals surface area contributed by atoms with Gasteiger partial charge in [0.05, 0.1) is 5.69 Å². The minimum absolute atomic E-state index is 0.0374. The van der Waals surface area contributed by atoms with Gasteiger partial charge in [-0.05, 0) is 46.5 Å². The molecule has 186 valence electrons. The first-order valence-electron chi connectivity index (χ1n) is 12.6. The van der Waals surface area contributed by atoms with Crippen molar-refractivity contribution in [2.45, 2.75) is 5.92 Å². The maximum atomic E-state index is 12.5. The Balaban J connectivity index is 1.11. The molecule has 6 heteroatoms. The van der Waals surface area contributed by atoms with Crippen LogP contribution in [0.3, 0.4) is 0 Å². The lowest BCUT2D eigenvalue weighted by Gasteiger charge is -2.14. The van der Waals surface area contributed by atoms with Crippen LogP contribution in [0.2, 0.25) is 0 Å². The number of ether oxygens (including phenoxy) is 1. The van der Waals surface area contributed by atoms with E-state index in [1.807, 2.05) is 89.8 Å². The lowest BCUT2D eigenvalue weighted by atomic mass is 9.98. The zero-order valence-corrected chi connectivity index (χ0v) is 20.7. The van der Waals surface area contributed by atoms with Gasteiger partial charge in [0.2, 0.25) is 0 Å². The number of carbonyl (C=O) groups is 1. The SMILES string of the molecule is O=C(NCC=Cc1cn(-c2ccccc2)nc1-c1ccncc1)OCC1c2ccccc2-c2ccccc21. The number of benzene rings is 3. The molecule has 0 saturated heterocycles. The highest BCUT2D eigenvalue weighted by Crippen LogP contribution is 2.44. The largest absolute Gasteiger partial charge is 0.449 e. The van der Waals surface area contributed by atoms with Gasteiger partial charge in [-0.3, -0.25) is 4.98 Å². The van der Waals surface area contributed by atoms with Crippen LogP contribution in [0.4, 0.5) is 4.79 Å². The molecule has 2 aromatic heterocycles. The number of aromatic nitrogens is 3. The molecule has 0 saturated carbocycles. The zero-order valence-electron chi connectivity index (χ0n) is 20.7. The third-order valence-corrected chi connectivity index (χ3v) is 6.72. The molecule has 1 aliphatic carbocycles. The molecule has 0 radical (unpaired) electrons. The van der Waals surface area contributed by atoms with Crippen molar-refractivity contribution in [3.8, 4) is 28.1 Å². The van der Waals surface area contributed by atoms with Gasteiger partial charge in [-0.25, -0.2) is 9.48 Å². The molecule has 38 heavy (non-hydrogen) atoms. The quantitative estimate of drug-likeness (QED) is 0.279. The average Bonchev–Trinajstić information content (AvgIpc) is 3.55. The average molecular weight is 499 g/mol. The summed E-state index contributed by atoms with van der Waals surface area (Å²) in [5.74, 6) is 0.0374. The predicted octanol–water partition coefficient (Wildman–Crippen LogP) is 6.49. The Hall–Kier alpha value is -4.97. The number of nitrogens with zero attached hydrogens (tertiary/aromatic N) is 3. The molecule has 1 aliphatic rings. The van der Waals surface area contributed by atoms with Crippen LogP contribution in [0, 0.1) is 0 Å². The van der Waals surface area contributed by atoms with E-state index in [1.165, 1.54) is 22.3 Å². The highest BCUT2D eigenvalue weighted by Gasteiger charge is 2.28. The summed E-state index contributed by atoms with van der Waals surface area (Å²) in [6, 6.07) is 30.5. The Morgan fingerprint density at radius 3 is 2.24 bits per heavy atom. The van der Waals surface area contributed by atoms with Crippen molar-refractivity contribution >= 4 is 12.2 Å². The van der Waals surface area contributed by atoms with Crippen LogP contribution < -0.4 is 5.32 Å². The van der Waals surface area contributed by atoms with E-state index in [9.17, 15) is 4.79 Å². The second-order valence-corrected chi connectivity index (χ2v) is 9.06. The molecular formula is C32H26N4O2. The molecule has 6 nitrogen and oxygen atoms in total. The Morgan fingerprint density at radius 2 is 1.53 bits per heavy atom. The van der Waals surface area contributed by atoms with E-state index in [-0.39, 0.29) is 5.92 Å². The maximum Gasteiger partial charge on any atom is 0.407 e. The normalized spacial score (nSPS) is 12.3. The van der Waals surface area contributed by atoms with Gasteiger partial charge in [-0.2, -0.15) is 5.10 Å². The van der Waals surface area contributed by atoms with E-state index in [1.54, 1.807) is 12.4 Å². The van der Waals surface area contributed by atoms with Gasteiger partial charge in [-0.1, -0.05) is 78.9 Å². The first kappa shape index (κ1) is 23.4. The maximum absolute atomic E-state index is 12.5. The Morgan fingerprint density at radius 1 is 0.868 bits per heavy atom. The minimum atomic E-state index is -0.439. The monoisotopic (exact) mass is 498 g/mol. The van der Waals surface area contributed by atoms with Crippen molar-refractivity contribution in [2.24, 2.45) is 0 Å². The van der Waals surface area contributed by atoms with Gasteiger partial charge in [0.15, 0.2) is 0 Å². The first-order valence-corrected chi connectivity index (χ1v) is 12.6. The number of pyridine rings is 1. The number of para-hydroxylation sites is 1. The molecule has 0 unspecified atom stereocenters. The third kappa shape index (κ3) is 4.72. The van der Waals surface area contributed by atoms with Crippen LogP contribution in [0.5, 0.6) is 0 Å². The standard InChI is InChI=1S/C32H26N4O2/c37-32(38-22-30-28-14-6-4-12-26(28)27-13-5-7-15-29(27)30)34-18-8-9-24-21-36(25-10-2-1-3-11-25)35-31(24)23-16-19-33-20-17-23/h1-17,19-21,30H,18,22H2,(H,34,37). The number of alkyl carbamates (subject to hydrolysis) is 1. The number of amides is 1. The van der Waals surface area contributed by atoms with Crippen LogP contribution in [0.25, 0.3) is 34.1 Å². The topological polar surface area (TPSA) is 69.0 Å². The van der Waals surface area contributed by atoms with Crippen molar-refractivity contribution in [2.75, 3.05) is 13.2 Å². The molecular weight excluding hydrogens is 472 g/mol. The van der Waals surface area contributed by atoms with Gasteiger partial charge in [-0.15, -0.1) is 0 Å². The summed E-state index contributed by atoms with van der Waals surface area (Å²) in [4.78, 5) is 16.6. The summed E-state index contributed by atoms with van der Waals surface area (Å²) in [5.41, 5.74) is 8.53. The fourth-order valence-corrected chi connectivity index (χ4v) is 4.93. The van der Waals surface area contributed by atoms with E-state index in [0.29, 0.717) is 13.2 Å². The zero-order chi connectivity index (χ0) is 25.7. The Kier molecular flexibility index (Phi) is 6.51. The molecule has 0 fully saturated rings. The number of fused-ring (bicyclic) bond motifs is 3. The van der Waals surface area contributed by atoms with E-state index in [2.05, 4.69) is 34.6 Å². The number of hydrogen-bond donors (Lipinski definition) is 1. The van der Waals surface area contributed by atoms with Crippen LogP contribution in [0.15, 0.2) is 116 Å². The van der Waals surface area contributed by atoms with Gasteiger partial charge >= 0.3 is 6.09 Å². The second kappa shape index (κ2) is 10.6. The lowest BCUT2D eigenvalue weighted by molar-refractivity contribution is 0.144. The summed E-state index contributed by atoms with van der Waals surface area (Å²) >= 11 is 0. The highest BCUT2D eigenvalue weighted by molar-refractivity contribution is 5.79. The van der Waals surface area contributed by atoms with Crippen molar-refractivity contribution in [3.05, 3.63) is 132 Å². The fraction of sp³-hybridized carbons (Fsp3) is 0.0938. The predicted molar refractivity (Wildman–Crippen MR) is 149 cm³/mol. The van der Waals surface area contributed by atoms with Gasteiger partial charge in [0.1, 0.15) is 12.3 Å². The molecule has 1 N–H and O–H groups in total. The van der Waals surface area contributed by atoms with E-state index in [4.69, 9.17) is 9.84 Å². The molecule has 5 aromatic rings. The summed E-state index contributed by atoms with van der Waals surface area (Å²) in [7, 11) is 0. The van der Waals surface area contributed by atoms with Crippen molar-refractivity contribution in [1.82, 2.24) is 20.1 Å². The van der Waals surface area contributed by atoms with E-state index in [0.717, 1.165) is 22.5 Å². The molecule has 6 rings (SSSR count). The summed E-state index contributed by atoms with van der Waals surface area (Å²) in [6.07, 6.45) is 8.91. The lowest BCUT2D eigenvalue weighted by Crippen LogP contribution is -2.26. The molecule has 3 aromatic carbocycles. The number of rotatable bonds is 7. The van der Waals surface area contributed by atoms with Crippen LogP contribution in [0.1, 0.15) is 22.6 Å². The van der Waals surface area contributed by atoms with Crippen molar-refractivity contribution in [3.63, 3.8) is 0 Å². The molecule has 0 bridgehead atoms. The Bertz CT molecular complexity index is 1550. The molecule has 2 heterocycles. The second-order valence-electron chi connectivity index (χ2n) is 9.06. The van der Waals surface area contributed by atoms with Gasteiger partial charge < -0.3 is 10.1 Å². The fourth-order valence-electron chi connectivity index (χ4n) is 4.93. The summed E-state index contributed by atoms with van der Waals surface area (Å²) in [6.45, 7) is 0.628. The van der Waals surface area contributed by atoms with Gasteiger partial charge in [0, 0.05) is 42.2 Å². The molecule has 1 amide bonds. The minimum Gasteiger partial charge on any atom is -0.449 e. The third-order valence-electron chi connectivity index (χ3n) is 6.72. The van der Waals surface area contributed by atoms with E-state index >= 15 is 0 Å². The van der Waals surface area contributed by atoms with E-state index < -0.39 is 6.09 Å². The van der Waals surface area contributed by atoms with Crippen LogP contribution in [-0.4, -0.2) is 34.0 Å². The molecule has 0 atom stereocenters. The Labute approximate surface area is 221 Å². The smallest absolute Gasteiger partial charge is 0.407 e. The molecule has 0 aliphatic heterocycles. The summed E-state index contributed by atoms with van der Waals surface area (Å²) in [5, 5.41) is 7.64. The van der Waals surface area contributed by atoms with Crippen molar-refractivity contribution < 1.29 is 9.53 Å². The van der Waals surface area contributed by atoms with Crippen LogP contribution in [-0.2, 0) is 4.74 Å². The first-order chi connectivity index (χ1) is 18.8. The highest BCUT2D eigenvalue weighted by atomic mass is 16.5.